The Labute approximate surface area is 112 Å². The standard InChI is InChI=1S/C12H20N4O3/c1-15-8-10(17)16(12(15)18)6-7-19-14-11(13)9-4-2-3-5-9/h9H,2-8H2,1H3,(H2,13,14). The van der Waals surface area contributed by atoms with E-state index in [1.165, 1.54) is 22.6 Å². The van der Waals surface area contributed by atoms with Crippen LogP contribution in [0.5, 0.6) is 0 Å². The van der Waals surface area contributed by atoms with Crippen LogP contribution in [0.25, 0.3) is 0 Å². The third-order valence-electron chi connectivity index (χ3n) is 3.58. The van der Waals surface area contributed by atoms with Gasteiger partial charge in [0, 0.05) is 13.0 Å². The second kappa shape index (κ2) is 5.90. The van der Waals surface area contributed by atoms with Crippen molar-refractivity contribution in [2.75, 3.05) is 26.7 Å². The molecule has 2 fully saturated rings. The molecular weight excluding hydrogens is 248 g/mol. The number of oxime groups is 1. The average molecular weight is 268 g/mol. The van der Waals surface area contributed by atoms with Crippen LogP contribution in [0.4, 0.5) is 4.79 Å². The molecule has 0 radical (unpaired) electrons. The number of likely N-dealkylation sites (N-methyl/N-ethyl adjacent to an activating group) is 1. The highest BCUT2D eigenvalue weighted by atomic mass is 16.6. The van der Waals surface area contributed by atoms with Crippen molar-refractivity contribution in [3.05, 3.63) is 0 Å². The first-order chi connectivity index (χ1) is 9.09. The van der Waals surface area contributed by atoms with Gasteiger partial charge in [0.2, 0.25) is 5.91 Å². The second-order valence-corrected chi connectivity index (χ2v) is 5.01. The number of hydrogen-bond donors (Lipinski definition) is 1. The van der Waals surface area contributed by atoms with Gasteiger partial charge in [-0.2, -0.15) is 0 Å². The molecule has 0 atom stereocenters. The Bertz CT molecular complexity index is 390. The lowest BCUT2D eigenvalue weighted by Gasteiger charge is -2.13. The highest BCUT2D eigenvalue weighted by molar-refractivity contribution is 6.01. The fourth-order valence-electron chi connectivity index (χ4n) is 2.44. The minimum Gasteiger partial charge on any atom is -0.392 e. The van der Waals surface area contributed by atoms with Crippen molar-refractivity contribution in [3.63, 3.8) is 0 Å². The van der Waals surface area contributed by atoms with Crippen molar-refractivity contribution in [1.82, 2.24) is 9.80 Å². The molecule has 106 valence electrons. The fraction of sp³-hybridized carbons (Fsp3) is 0.750. The number of urea groups is 1. The fourth-order valence-corrected chi connectivity index (χ4v) is 2.44. The summed E-state index contributed by atoms with van der Waals surface area (Å²) in [6, 6.07) is -0.290. The Morgan fingerprint density at radius 1 is 1.42 bits per heavy atom. The van der Waals surface area contributed by atoms with Crippen LogP contribution in [0.1, 0.15) is 25.7 Å². The molecule has 19 heavy (non-hydrogen) atoms. The maximum Gasteiger partial charge on any atom is 0.327 e. The molecule has 3 amide bonds. The molecule has 0 aromatic carbocycles. The Morgan fingerprint density at radius 3 is 2.68 bits per heavy atom. The van der Waals surface area contributed by atoms with Crippen LogP contribution < -0.4 is 5.73 Å². The molecule has 1 heterocycles. The smallest absolute Gasteiger partial charge is 0.327 e. The first kappa shape index (κ1) is 13.6. The van der Waals surface area contributed by atoms with Crippen LogP contribution in [0.2, 0.25) is 0 Å². The summed E-state index contributed by atoms with van der Waals surface area (Å²) in [7, 11) is 1.59. The normalized spacial score (nSPS) is 21.6. The summed E-state index contributed by atoms with van der Waals surface area (Å²) >= 11 is 0. The van der Waals surface area contributed by atoms with Gasteiger partial charge in [-0.25, -0.2) is 4.79 Å². The van der Waals surface area contributed by atoms with Crippen molar-refractivity contribution in [1.29, 1.82) is 0 Å². The van der Waals surface area contributed by atoms with Crippen molar-refractivity contribution in [3.8, 4) is 0 Å². The van der Waals surface area contributed by atoms with Crippen LogP contribution in [0, 0.1) is 5.92 Å². The van der Waals surface area contributed by atoms with E-state index in [1.807, 2.05) is 0 Å². The first-order valence-electron chi connectivity index (χ1n) is 6.60. The Kier molecular flexibility index (Phi) is 4.24. The van der Waals surface area contributed by atoms with E-state index in [2.05, 4.69) is 5.16 Å². The van der Waals surface area contributed by atoms with E-state index in [0.29, 0.717) is 11.8 Å². The number of nitrogens with two attached hydrogens (primary N) is 1. The first-order valence-corrected chi connectivity index (χ1v) is 6.60. The molecule has 1 saturated carbocycles. The van der Waals surface area contributed by atoms with Crippen molar-refractivity contribution < 1.29 is 14.4 Å². The van der Waals surface area contributed by atoms with Gasteiger partial charge in [0.1, 0.15) is 19.0 Å². The minimum atomic E-state index is -0.290. The number of carbonyl (C=O) groups excluding carboxylic acids is 2. The molecular formula is C12H20N4O3. The van der Waals surface area contributed by atoms with Gasteiger partial charge in [0.05, 0.1) is 6.54 Å². The minimum absolute atomic E-state index is 0.131. The lowest BCUT2D eigenvalue weighted by molar-refractivity contribution is -0.125. The molecule has 1 aliphatic carbocycles. The van der Waals surface area contributed by atoms with Crippen molar-refractivity contribution in [2.45, 2.75) is 25.7 Å². The van der Waals surface area contributed by atoms with Crippen LogP contribution in [-0.2, 0) is 9.63 Å². The Morgan fingerprint density at radius 2 is 2.11 bits per heavy atom. The molecule has 1 saturated heterocycles. The van der Waals surface area contributed by atoms with Gasteiger partial charge in [-0.3, -0.25) is 9.69 Å². The number of nitrogens with zero attached hydrogens (tertiary/aromatic N) is 3. The zero-order chi connectivity index (χ0) is 13.8. The van der Waals surface area contributed by atoms with Gasteiger partial charge in [0.25, 0.3) is 0 Å². The molecule has 0 unspecified atom stereocenters. The monoisotopic (exact) mass is 268 g/mol. The number of amidine groups is 1. The second-order valence-electron chi connectivity index (χ2n) is 5.01. The molecule has 2 rings (SSSR count). The van der Waals surface area contributed by atoms with Gasteiger partial charge in [0.15, 0.2) is 0 Å². The number of imide groups is 1. The lowest BCUT2D eigenvalue weighted by Crippen LogP contribution is -2.34. The summed E-state index contributed by atoms with van der Waals surface area (Å²) in [5.41, 5.74) is 5.82. The van der Waals surface area contributed by atoms with Gasteiger partial charge in [-0.15, -0.1) is 0 Å². The zero-order valence-electron chi connectivity index (χ0n) is 11.2. The van der Waals surface area contributed by atoms with Gasteiger partial charge in [-0.1, -0.05) is 18.0 Å². The molecule has 7 nitrogen and oxygen atoms in total. The van der Waals surface area contributed by atoms with E-state index >= 15 is 0 Å². The predicted molar refractivity (Wildman–Crippen MR) is 69.3 cm³/mol. The molecule has 0 aromatic heterocycles. The van der Waals surface area contributed by atoms with Crippen LogP contribution >= 0.6 is 0 Å². The molecule has 0 spiro atoms. The molecule has 7 heteroatoms. The molecule has 0 aromatic rings. The van der Waals surface area contributed by atoms with E-state index in [-0.39, 0.29) is 31.6 Å². The third-order valence-corrected chi connectivity index (χ3v) is 3.58. The van der Waals surface area contributed by atoms with Crippen LogP contribution in [0.15, 0.2) is 5.16 Å². The average Bonchev–Trinajstić information content (AvgIpc) is 2.98. The number of rotatable bonds is 5. The summed E-state index contributed by atoms with van der Waals surface area (Å²) < 4.78 is 0. The van der Waals surface area contributed by atoms with Crippen LogP contribution in [0.3, 0.4) is 0 Å². The number of amides is 3. The molecule has 2 aliphatic rings. The molecule has 2 N–H and O–H groups in total. The van der Waals surface area contributed by atoms with E-state index in [4.69, 9.17) is 10.6 Å². The summed E-state index contributed by atoms with van der Waals surface area (Å²) in [5.74, 6) is 0.638. The largest absolute Gasteiger partial charge is 0.392 e. The Hall–Kier alpha value is -1.79. The van der Waals surface area contributed by atoms with E-state index in [9.17, 15) is 9.59 Å². The SMILES string of the molecule is CN1CC(=O)N(CCO/N=C(\N)C2CCCC2)C1=O. The highest BCUT2D eigenvalue weighted by Crippen LogP contribution is 2.24. The number of carbonyl (C=O) groups is 2. The summed E-state index contributed by atoms with van der Waals surface area (Å²) in [4.78, 5) is 30.7. The maximum absolute atomic E-state index is 11.6. The van der Waals surface area contributed by atoms with E-state index in [1.54, 1.807) is 7.05 Å². The highest BCUT2D eigenvalue weighted by Gasteiger charge is 2.33. The Balaban J connectivity index is 1.73. The van der Waals surface area contributed by atoms with E-state index < -0.39 is 0 Å². The third kappa shape index (κ3) is 3.15. The van der Waals surface area contributed by atoms with Crippen LogP contribution in [-0.4, -0.2) is 54.3 Å². The zero-order valence-corrected chi connectivity index (χ0v) is 11.2. The summed E-state index contributed by atoms with van der Waals surface area (Å²) in [5, 5.41) is 3.87. The summed E-state index contributed by atoms with van der Waals surface area (Å²) in [6.45, 7) is 0.522. The summed E-state index contributed by atoms with van der Waals surface area (Å²) in [6.07, 6.45) is 4.49. The maximum atomic E-state index is 11.6. The quantitative estimate of drug-likeness (QED) is 0.256. The predicted octanol–water partition coefficient (Wildman–Crippen LogP) is 0.359. The lowest BCUT2D eigenvalue weighted by atomic mass is 10.1. The van der Waals surface area contributed by atoms with Crippen molar-refractivity contribution in [2.24, 2.45) is 16.8 Å². The molecule has 0 bridgehead atoms. The van der Waals surface area contributed by atoms with Gasteiger partial charge < -0.3 is 15.5 Å². The number of hydrogen-bond acceptors (Lipinski definition) is 4. The van der Waals surface area contributed by atoms with Gasteiger partial charge in [-0.05, 0) is 12.8 Å². The topological polar surface area (TPSA) is 88.2 Å². The molecule has 1 aliphatic heterocycles. The van der Waals surface area contributed by atoms with E-state index in [0.717, 1.165) is 12.8 Å². The van der Waals surface area contributed by atoms with Crippen molar-refractivity contribution >= 4 is 17.8 Å². The van der Waals surface area contributed by atoms with Gasteiger partial charge >= 0.3 is 6.03 Å².